The third-order valence-corrected chi connectivity index (χ3v) is 4.89. The van der Waals surface area contributed by atoms with Gasteiger partial charge < -0.3 is 10.6 Å². The Balaban J connectivity index is 1.74. The summed E-state index contributed by atoms with van der Waals surface area (Å²) in [5, 5.41) is 6.48. The summed E-state index contributed by atoms with van der Waals surface area (Å²) in [5.41, 5.74) is 1.69. The van der Waals surface area contributed by atoms with Gasteiger partial charge in [-0.25, -0.2) is 0 Å². The van der Waals surface area contributed by atoms with E-state index in [0.717, 1.165) is 16.1 Å². The van der Waals surface area contributed by atoms with Gasteiger partial charge in [0, 0.05) is 40.2 Å². The van der Waals surface area contributed by atoms with E-state index in [1.807, 2.05) is 62.4 Å². The van der Waals surface area contributed by atoms with Gasteiger partial charge in [0.2, 0.25) is 11.8 Å². The van der Waals surface area contributed by atoms with Crippen LogP contribution in [0.2, 0.25) is 5.02 Å². The molecule has 0 atom stereocenters. The second kappa shape index (κ2) is 10.2. The molecule has 26 heavy (non-hydrogen) atoms. The number of thioether (sulfide) groups is 1. The maximum Gasteiger partial charge on any atom is 0.226 e. The molecule has 0 aliphatic carbocycles. The van der Waals surface area contributed by atoms with Crippen molar-refractivity contribution in [2.24, 2.45) is 5.92 Å². The second-order valence-electron chi connectivity index (χ2n) is 6.17. The number of benzene rings is 2. The highest BCUT2D eigenvalue weighted by atomic mass is 35.5. The van der Waals surface area contributed by atoms with Crippen molar-refractivity contribution in [3.8, 4) is 0 Å². The molecule has 0 heterocycles. The Morgan fingerprint density at radius 2 is 1.85 bits per heavy atom. The lowest BCUT2D eigenvalue weighted by Crippen LogP contribution is -2.23. The smallest absolute Gasteiger partial charge is 0.226 e. The normalized spacial score (nSPS) is 10.6. The largest absolute Gasteiger partial charge is 0.352 e. The zero-order valence-corrected chi connectivity index (χ0v) is 16.5. The Labute approximate surface area is 163 Å². The van der Waals surface area contributed by atoms with Crippen molar-refractivity contribution in [2.45, 2.75) is 31.7 Å². The number of carbonyl (C=O) groups is 2. The molecule has 2 aromatic carbocycles. The van der Waals surface area contributed by atoms with E-state index in [1.54, 1.807) is 11.8 Å². The lowest BCUT2D eigenvalue weighted by atomic mass is 10.1. The standard InChI is InChI=1S/C20H23ClN2O2S/c1-14(2)20(25)23-17-5-3-4-15(12-17)13-22-19(24)10-11-26-18-8-6-16(21)7-9-18/h3-9,12,14H,10-11,13H2,1-2H3,(H,22,24)(H,23,25). The number of anilines is 1. The summed E-state index contributed by atoms with van der Waals surface area (Å²) in [7, 11) is 0. The lowest BCUT2D eigenvalue weighted by Gasteiger charge is -2.10. The molecular weight excluding hydrogens is 368 g/mol. The van der Waals surface area contributed by atoms with Crippen LogP contribution < -0.4 is 10.6 Å². The number of hydrogen-bond acceptors (Lipinski definition) is 3. The van der Waals surface area contributed by atoms with E-state index in [1.165, 1.54) is 0 Å². The van der Waals surface area contributed by atoms with E-state index < -0.39 is 0 Å². The molecule has 2 aromatic rings. The van der Waals surface area contributed by atoms with Gasteiger partial charge in [0.25, 0.3) is 0 Å². The van der Waals surface area contributed by atoms with Gasteiger partial charge in [-0.15, -0.1) is 11.8 Å². The molecule has 0 aromatic heterocycles. The van der Waals surface area contributed by atoms with E-state index in [4.69, 9.17) is 11.6 Å². The molecule has 0 spiro atoms. The minimum atomic E-state index is -0.0727. The fourth-order valence-electron chi connectivity index (χ4n) is 2.13. The first-order chi connectivity index (χ1) is 12.4. The Morgan fingerprint density at radius 3 is 2.54 bits per heavy atom. The van der Waals surface area contributed by atoms with Crippen LogP contribution in [0.3, 0.4) is 0 Å². The number of rotatable bonds is 8. The Bertz CT molecular complexity index is 748. The van der Waals surface area contributed by atoms with E-state index in [9.17, 15) is 9.59 Å². The topological polar surface area (TPSA) is 58.2 Å². The van der Waals surface area contributed by atoms with Crippen molar-refractivity contribution < 1.29 is 9.59 Å². The van der Waals surface area contributed by atoms with Crippen molar-refractivity contribution in [1.29, 1.82) is 0 Å². The number of halogens is 1. The quantitative estimate of drug-likeness (QED) is 0.640. The van der Waals surface area contributed by atoms with Crippen LogP contribution >= 0.6 is 23.4 Å². The molecule has 0 radical (unpaired) electrons. The van der Waals surface area contributed by atoms with Crippen LogP contribution in [0, 0.1) is 5.92 Å². The molecule has 6 heteroatoms. The molecular formula is C20H23ClN2O2S. The predicted molar refractivity (Wildman–Crippen MR) is 109 cm³/mol. The molecule has 4 nitrogen and oxygen atoms in total. The van der Waals surface area contributed by atoms with Gasteiger partial charge in [0.05, 0.1) is 0 Å². The highest BCUT2D eigenvalue weighted by Gasteiger charge is 2.08. The van der Waals surface area contributed by atoms with E-state index in [2.05, 4.69) is 10.6 Å². The predicted octanol–water partition coefficient (Wildman–Crippen LogP) is 4.73. The Hall–Kier alpha value is -1.98. The third kappa shape index (κ3) is 7.10. The van der Waals surface area contributed by atoms with Crippen LogP contribution in [0.15, 0.2) is 53.4 Å². The van der Waals surface area contributed by atoms with Gasteiger partial charge >= 0.3 is 0 Å². The lowest BCUT2D eigenvalue weighted by molar-refractivity contribution is -0.121. The number of amides is 2. The van der Waals surface area contributed by atoms with Crippen LogP contribution in [-0.2, 0) is 16.1 Å². The first-order valence-electron chi connectivity index (χ1n) is 8.49. The minimum absolute atomic E-state index is 0.00285. The van der Waals surface area contributed by atoms with Crippen molar-refractivity contribution in [1.82, 2.24) is 5.32 Å². The van der Waals surface area contributed by atoms with E-state index in [-0.39, 0.29) is 17.7 Å². The van der Waals surface area contributed by atoms with Gasteiger partial charge in [0.1, 0.15) is 0 Å². The first kappa shape index (κ1) is 20.3. The molecule has 0 unspecified atom stereocenters. The van der Waals surface area contributed by atoms with Crippen molar-refractivity contribution in [3.05, 3.63) is 59.1 Å². The summed E-state index contributed by atoms with van der Waals surface area (Å²) >= 11 is 7.48. The average Bonchev–Trinajstić information content (AvgIpc) is 2.62. The summed E-state index contributed by atoms with van der Waals surface area (Å²) in [6.45, 7) is 4.14. The maximum absolute atomic E-state index is 12.0. The van der Waals surface area contributed by atoms with Crippen molar-refractivity contribution >= 4 is 40.9 Å². The Kier molecular flexibility index (Phi) is 8.01. The molecule has 0 fully saturated rings. The molecule has 0 saturated carbocycles. The third-order valence-electron chi connectivity index (χ3n) is 3.62. The highest BCUT2D eigenvalue weighted by Crippen LogP contribution is 2.20. The average molecular weight is 391 g/mol. The summed E-state index contributed by atoms with van der Waals surface area (Å²) in [6.07, 6.45) is 0.442. The molecule has 2 amide bonds. The van der Waals surface area contributed by atoms with Gasteiger partial charge in [-0.1, -0.05) is 37.6 Å². The molecule has 0 aliphatic heterocycles. The fraction of sp³-hybridized carbons (Fsp3) is 0.300. The van der Waals surface area contributed by atoms with Crippen molar-refractivity contribution in [3.63, 3.8) is 0 Å². The first-order valence-corrected chi connectivity index (χ1v) is 9.85. The summed E-state index contributed by atoms with van der Waals surface area (Å²) < 4.78 is 0. The van der Waals surface area contributed by atoms with Gasteiger partial charge in [-0.3, -0.25) is 9.59 Å². The molecule has 0 aliphatic rings. The van der Waals surface area contributed by atoms with Crippen molar-refractivity contribution in [2.75, 3.05) is 11.1 Å². The number of nitrogens with one attached hydrogen (secondary N) is 2. The number of hydrogen-bond donors (Lipinski definition) is 2. The molecule has 2 rings (SSSR count). The fourth-order valence-corrected chi connectivity index (χ4v) is 3.10. The van der Waals surface area contributed by atoms with Crippen LogP contribution in [0.4, 0.5) is 5.69 Å². The summed E-state index contributed by atoms with van der Waals surface area (Å²) in [5.74, 6) is 0.614. The van der Waals surface area contributed by atoms with Gasteiger partial charge in [0.15, 0.2) is 0 Å². The molecule has 0 saturated heterocycles. The van der Waals surface area contributed by atoms with Crippen LogP contribution in [-0.4, -0.2) is 17.6 Å². The molecule has 138 valence electrons. The van der Waals surface area contributed by atoms with E-state index >= 15 is 0 Å². The maximum atomic E-state index is 12.0. The molecule has 0 bridgehead atoms. The SMILES string of the molecule is CC(C)C(=O)Nc1cccc(CNC(=O)CCSc2ccc(Cl)cc2)c1. The van der Waals surface area contributed by atoms with Crippen LogP contribution in [0.1, 0.15) is 25.8 Å². The zero-order chi connectivity index (χ0) is 18.9. The van der Waals surface area contributed by atoms with Crippen LogP contribution in [0.25, 0.3) is 0 Å². The number of carbonyl (C=O) groups excluding carboxylic acids is 2. The monoisotopic (exact) mass is 390 g/mol. The highest BCUT2D eigenvalue weighted by molar-refractivity contribution is 7.99. The van der Waals surface area contributed by atoms with Crippen LogP contribution in [0.5, 0.6) is 0 Å². The zero-order valence-electron chi connectivity index (χ0n) is 14.9. The minimum Gasteiger partial charge on any atom is -0.352 e. The second-order valence-corrected chi connectivity index (χ2v) is 7.78. The van der Waals surface area contributed by atoms with E-state index in [0.29, 0.717) is 23.7 Å². The molecule has 2 N–H and O–H groups in total. The Morgan fingerprint density at radius 1 is 1.12 bits per heavy atom. The summed E-state index contributed by atoms with van der Waals surface area (Å²) in [4.78, 5) is 24.8. The van der Waals surface area contributed by atoms with Gasteiger partial charge in [-0.05, 0) is 42.0 Å². The summed E-state index contributed by atoms with van der Waals surface area (Å²) in [6, 6.07) is 15.1. The van der Waals surface area contributed by atoms with Gasteiger partial charge in [-0.2, -0.15) is 0 Å².